The summed E-state index contributed by atoms with van der Waals surface area (Å²) in [6.07, 6.45) is 5.64. The summed E-state index contributed by atoms with van der Waals surface area (Å²) in [5.41, 5.74) is 0.660. The third-order valence-corrected chi connectivity index (χ3v) is 4.04. The fourth-order valence-corrected chi connectivity index (χ4v) is 2.66. The first kappa shape index (κ1) is 13.5. The Morgan fingerprint density at radius 2 is 2.11 bits per heavy atom. The first-order chi connectivity index (χ1) is 8.68. The second-order valence-electron chi connectivity index (χ2n) is 4.63. The zero-order valence-electron chi connectivity index (χ0n) is 10.7. The number of nitrogens with zero attached hydrogens (tertiary/aromatic N) is 3. The number of hydrogen-bond donors (Lipinski definition) is 1. The molecule has 1 aliphatic rings. The molecule has 1 fully saturated rings. The van der Waals surface area contributed by atoms with E-state index in [-0.39, 0.29) is 5.56 Å². The van der Waals surface area contributed by atoms with E-state index in [9.17, 15) is 4.79 Å². The van der Waals surface area contributed by atoms with E-state index in [0.717, 1.165) is 18.8 Å². The Kier molecular flexibility index (Phi) is 4.77. The van der Waals surface area contributed by atoms with Gasteiger partial charge in [-0.2, -0.15) is 5.10 Å². The number of piperidine rings is 1. The topological polar surface area (TPSA) is 50.2 Å². The van der Waals surface area contributed by atoms with E-state index in [1.807, 2.05) is 0 Å². The van der Waals surface area contributed by atoms with E-state index in [0.29, 0.717) is 4.47 Å². The lowest BCUT2D eigenvalue weighted by atomic mass is 10.1. The maximum Gasteiger partial charge on any atom is 0.282 e. The van der Waals surface area contributed by atoms with Gasteiger partial charge < -0.3 is 10.2 Å². The Balaban J connectivity index is 1.86. The highest BCUT2D eigenvalue weighted by atomic mass is 79.9. The minimum Gasteiger partial charge on any atom is -0.381 e. The molecule has 0 radical (unpaired) electrons. The maximum atomic E-state index is 11.7. The summed E-state index contributed by atoms with van der Waals surface area (Å²) in [5.74, 6) is 0. The van der Waals surface area contributed by atoms with Crippen LogP contribution in [-0.4, -0.2) is 40.9 Å². The van der Waals surface area contributed by atoms with Crippen LogP contribution in [0.15, 0.2) is 15.5 Å². The molecule has 0 aromatic carbocycles. The average molecular weight is 315 g/mol. The molecular weight excluding hydrogens is 296 g/mol. The number of likely N-dealkylation sites (tertiary alicyclic amines) is 1. The average Bonchev–Trinajstić information content (AvgIpc) is 2.40. The van der Waals surface area contributed by atoms with Crippen molar-refractivity contribution in [2.45, 2.75) is 19.3 Å². The molecule has 1 N–H and O–H groups in total. The van der Waals surface area contributed by atoms with E-state index < -0.39 is 0 Å². The van der Waals surface area contributed by atoms with E-state index in [1.54, 1.807) is 13.2 Å². The van der Waals surface area contributed by atoms with Crippen LogP contribution < -0.4 is 10.9 Å². The molecule has 2 rings (SSSR count). The van der Waals surface area contributed by atoms with E-state index >= 15 is 0 Å². The predicted octanol–water partition coefficient (Wildman–Crippen LogP) is 1.44. The smallest absolute Gasteiger partial charge is 0.282 e. The number of rotatable bonds is 4. The molecule has 1 aliphatic heterocycles. The molecule has 1 aromatic rings. The Hall–Kier alpha value is -0.880. The van der Waals surface area contributed by atoms with Crippen molar-refractivity contribution >= 4 is 21.6 Å². The number of halogens is 1. The summed E-state index contributed by atoms with van der Waals surface area (Å²) in [6.45, 7) is 4.24. The van der Waals surface area contributed by atoms with Crippen molar-refractivity contribution in [3.8, 4) is 0 Å². The summed E-state index contributed by atoms with van der Waals surface area (Å²) in [4.78, 5) is 14.1. The molecule has 0 amide bonds. The van der Waals surface area contributed by atoms with Crippen molar-refractivity contribution in [2.75, 3.05) is 31.5 Å². The van der Waals surface area contributed by atoms with Gasteiger partial charge in [-0.1, -0.05) is 6.42 Å². The highest BCUT2D eigenvalue weighted by Crippen LogP contribution is 2.15. The second-order valence-corrected chi connectivity index (χ2v) is 5.42. The Morgan fingerprint density at radius 1 is 1.39 bits per heavy atom. The van der Waals surface area contributed by atoms with Gasteiger partial charge in [-0.05, 0) is 41.9 Å². The summed E-state index contributed by atoms with van der Waals surface area (Å²) < 4.78 is 1.87. The second kappa shape index (κ2) is 6.33. The van der Waals surface area contributed by atoms with Crippen LogP contribution in [0, 0.1) is 0 Å². The number of anilines is 1. The molecule has 18 heavy (non-hydrogen) atoms. The predicted molar refractivity (Wildman–Crippen MR) is 76.0 cm³/mol. The highest BCUT2D eigenvalue weighted by Gasteiger charge is 2.10. The first-order valence-electron chi connectivity index (χ1n) is 6.36. The largest absolute Gasteiger partial charge is 0.381 e. The zero-order chi connectivity index (χ0) is 13.0. The van der Waals surface area contributed by atoms with Crippen LogP contribution in [0.25, 0.3) is 0 Å². The van der Waals surface area contributed by atoms with Gasteiger partial charge >= 0.3 is 0 Å². The van der Waals surface area contributed by atoms with Gasteiger partial charge in [0.25, 0.3) is 5.56 Å². The van der Waals surface area contributed by atoms with Crippen LogP contribution in [0.5, 0.6) is 0 Å². The lowest BCUT2D eigenvalue weighted by Crippen LogP contribution is -2.34. The summed E-state index contributed by atoms with van der Waals surface area (Å²) in [7, 11) is 1.64. The van der Waals surface area contributed by atoms with Crippen LogP contribution in [-0.2, 0) is 7.05 Å². The number of hydrogen-bond acceptors (Lipinski definition) is 4. The van der Waals surface area contributed by atoms with Crippen molar-refractivity contribution in [1.82, 2.24) is 14.7 Å². The maximum absolute atomic E-state index is 11.7. The lowest BCUT2D eigenvalue weighted by Gasteiger charge is -2.26. The highest BCUT2D eigenvalue weighted by molar-refractivity contribution is 9.10. The molecule has 5 nitrogen and oxygen atoms in total. The molecule has 1 saturated heterocycles. The SMILES string of the molecule is Cn1ncc(NCCN2CCCCC2)c(Br)c1=O. The van der Waals surface area contributed by atoms with Gasteiger partial charge in [-0.25, -0.2) is 4.68 Å². The standard InChI is InChI=1S/C12H19BrN4O/c1-16-12(18)11(13)10(9-15-16)14-5-8-17-6-3-2-4-7-17/h9,14H,2-8H2,1H3. The summed E-state index contributed by atoms with van der Waals surface area (Å²) >= 11 is 3.31. The quantitative estimate of drug-likeness (QED) is 0.913. The normalized spacial score (nSPS) is 16.8. The molecule has 0 saturated carbocycles. The van der Waals surface area contributed by atoms with Crippen molar-refractivity contribution in [3.63, 3.8) is 0 Å². The van der Waals surface area contributed by atoms with E-state index in [1.165, 1.54) is 37.0 Å². The molecule has 0 atom stereocenters. The minimum absolute atomic E-state index is 0.113. The number of aromatic nitrogens is 2. The molecule has 0 spiro atoms. The van der Waals surface area contributed by atoms with Gasteiger partial charge in [-0.15, -0.1) is 0 Å². The molecule has 0 unspecified atom stereocenters. The molecule has 1 aromatic heterocycles. The van der Waals surface area contributed by atoms with Gasteiger partial charge in [0.1, 0.15) is 4.47 Å². The fourth-order valence-electron chi connectivity index (χ4n) is 2.17. The Labute approximate surface area is 115 Å². The Bertz CT molecular complexity index is 454. The van der Waals surface area contributed by atoms with Crippen molar-refractivity contribution in [3.05, 3.63) is 21.0 Å². The summed E-state index contributed by atoms with van der Waals surface area (Å²) in [6, 6.07) is 0. The van der Waals surface area contributed by atoms with Crippen molar-refractivity contribution in [2.24, 2.45) is 7.05 Å². The van der Waals surface area contributed by atoms with Crippen LogP contribution in [0.3, 0.4) is 0 Å². The van der Waals surface area contributed by atoms with Crippen molar-refractivity contribution < 1.29 is 0 Å². The third-order valence-electron chi connectivity index (χ3n) is 3.27. The van der Waals surface area contributed by atoms with Gasteiger partial charge in [0.15, 0.2) is 0 Å². The summed E-state index contributed by atoms with van der Waals surface area (Å²) in [5, 5.41) is 7.27. The van der Waals surface area contributed by atoms with Gasteiger partial charge in [0.2, 0.25) is 0 Å². The van der Waals surface area contributed by atoms with E-state index in [4.69, 9.17) is 0 Å². The van der Waals surface area contributed by atoms with Crippen LogP contribution >= 0.6 is 15.9 Å². The van der Waals surface area contributed by atoms with Crippen LogP contribution in [0.1, 0.15) is 19.3 Å². The molecule has 2 heterocycles. The minimum atomic E-state index is -0.113. The first-order valence-corrected chi connectivity index (χ1v) is 7.16. The lowest BCUT2D eigenvalue weighted by molar-refractivity contribution is 0.237. The molecule has 0 bridgehead atoms. The van der Waals surface area contributed by atoms with Crippen LogP contribution in [0.4, 0.5) is 5.69 Å². The number of nitrogens with one attached hydrogen (secondary N) is 1. The van der Waals surface area contributed by atoms with Crippen LogP contribution in [0.2, 0.25) is 0 Å². The van der Waals surface area contributed by atoms with Gasteiger partial charge in [-0.3, -0.25) is 4.79 Å². The third kappa shape index (κ3) is 3.32. The molecule has 6 heteroatoms. The van der Waals surface area contributed by atoms with E-state index in [2.05, 4.69) is 31.2 Å². The monoisotopic (exact) mass is 314 g/mol. The molecular formula is C12H19BrN4O. The molecule has 100 valence electrons. The van der Waals surface area contributed by atoms with Gasteiger partial charge in [0, 0.05) is 20.1 Å². The van der Waals surface area contributed by atoms with Gasteiger partial charge in [0.05, 0.1) is 11.9 Å². The van der Waals surface area contributed by atoms with Crippen molar-refractivity contribution in [1.29, 1.82) is 0 Å². The number of aryl methyl sites for hydroxylation is 1. The fraction of sp³-hybridized carbons (Fsp3) is 0.667. The molecule has 0 aliphatic carbocycles. The zero-order valence-corrected chi connectivity index (χ0v) is 12.2. The Morgan fingerprint density at radius 3 is 2.83 bits per heavy atom.